The van der Waals surface area contributed by atoms with Gasteiger partial charge in [-0.1, -0.05) is 23.2 Å². The molecule has 3 rings (SSSR count). The number of nitriles is 1. The lowest BCUT2D eigenvalue weighted by molar-refractivity contribution is -0.152. The van der Waals surface area contributed by atoms with Gasteiger partial charge in [-0.2, -0.15) is 5.26 Å². The molecule has 0 atom stereocenters. The number of halogens is 2. The number of pyridine rings is 1. The van der Waals surface area contributed by atoms with E-state index in [1.54, 1.807) is 24.3 Å². The average molecular weight is 506 g/mol. The highest BCUT2D eigenvalue weighted by molar-refractivity contribution is 6.37. The molecular formula is C24H25Cl2N3O5. The van der Waals surface area contributed by atoms with Gasteiger partial charge >= 0.3 is 0 Å². The molecule has 8 nitrogen and oxygen atoms in total. The van der Waals surface area contributed by atoms with Crippen LogP contribution in [0.1, 0.15) is 19.4 Å². The molecule has 0 spiro atoms. The smallest absolute Gasteiger partial charge is 0.191 e. The summed E-state index contributed by atoms with van der Waals surface area (Å²) in [5.41, 5.74) is 1.84. The minimum absolute atomic E-state index is 0.172. The Morgan fingerprint density at radius 1 is 1.03 bits per heavy atom. The quantitative estimate of drug-likeness (QED) is 0.319. The van der Waals surface area contributed by atoms with Gasteiger partial charge in [0.25, 0.3) is 0 Å². The van der Waals surface area contributed by atoms with Gasteiger partial charge in [-0.05, 0) is 32.0 Å². The molecule has 10 heteroatoms. The van der Waals surface area contributed by atoms with Crippen molar-refractivity contribution in [2.24, 2.45) is 0 Å². The van der Waals surface area contributed by atoms with Crippen LogP contribution in [0.5, 0.6) is 17.2 Å². The molecule has 0 radical (unpaired) electrons. The zero-order valence-corrected chi connectivity index (χ0v) is 20.8. The summed E-state index contributed by atoms with van der Waals surface area (Å²) in [6, 6.07) is 8.92. The summed E-state index contributed by atoms with van der Waals surface area (Å²) in [6.45, 7) is 4.93. The van der Waals surface area contributed by atoms with Crippen LogP contribution in [0.4, 0.5) is 11.4 Å². The standard InChI is InChI=1S/C24H25Cl2N3O5/c1-5-32-21(33-6-2)13-34-19-8-7-15-22(14(11-27)12-28-23(15)24(19)31-4)29-18-10-20(30-3)17(26)9-16(18)25/h7-10,12,21H,5-6,13H2,1-4H3,(H,28,29). The second-order valence-corrected chi connectivity index (χ2v) is 7.71. The third-order valence-corrected chi connectivity index (χ3v) is 5.47. The molecule has 1 aromatic heterocycles. The topological polar surface area (TPSA) is 94.9 Å². The molecule has 0 amide bonds. The Balaban J connectivity index is 2.04. The van der Waals surface area contributed by atoms with Gasteiger partial charge in [0.15, 0.2) is 17.8 Å². The molecule has 0 aliphatic carbocycles. The zero-order chi connectivity index (χ0) is 24.7. The van der Waals surface area contributed by atoms with Crippen molar-refractivity contribution in [3.63, 3.8) is 0 Å². The minimum Gasteiger partial charge on any atom is -0.495 e. The summed E-state index contributed by atoms with van der Waals surface area (Å²) >= 11 is 12.6. The molecule has 3 aromatic rings. The second kappa shape index (κ2) is 12.0. The van der Waals surface area contributed by atoms with Crippen LogP contribution in [0, 0.1) is 11.3 Å². The van der Waals surface area contributed by atoms with Gasteiger partial charge in [0.2, 0.25) is 0 Å². The van der Waals surface area contributed by atoms with Crippen LogP contribution in [0.3, 0.4) is 0 Å². The van der Waals surface area contributed by atoms with Crippen LogP contribution in [0.25, 0.3) is 10.9 Å². The summed E-state index contributed by atoms with van der Waals surface area (Å²) in [4.78, 5) is 4.45. The number of nitrogens with one attached hydrogen (secondary N) is 1. The maximum absolute atomic E-state index is 9.70. The maximum atomic E-state index is 9.70. The second-order valence-electron chi connectivity index (χ2n) is 6.89. The Kier molecular flexibility index (Phi) is 9.02. The molecule has 0 bridgehead atoms. The number of methoxy groups -OCH3 is 2. The molecule has 2 aromatic carbocycles. The number of aromatic nitrogens is 1. The predicted molar refractivity (Wildman–Crippen MR) is 132 cm³/mol. The Labute approximate surface area is 208 Å². The first kappa shape index (κ1) is 25.7. The van der Waals surface area contributed by atoms with Crippen LogP contribution in [-0.4, -0.2) is 45.3 Å². The van der Waals surface area contributed by atoms with Crippen molar-refractivity contribution in [2.45, 2.75) is 20.1 Å². The molecular weight excluding hydrogens is 481 g/mol. The number of hydrogen-bond donors (Lipinski definition) is 1. The number of ether oxygens (including phenoxy) is 5. The molecule has 0 unspecified atom stereocenters. The first-order valence-electron chi connectivity index (χ1n) is 10.5. The molecule has 34 heavy (non-hydrogen) atoms. The fourth-order valence-electron chi connectivity index (χ4n) is 3.34. The van der Waals surface area contributed by atoms with Gasteiger partial charge in [0.05, 0.1) is 41.2 Å². The van der Waals surface area contributed by atoms with Gasteiger partial charge in [0.1, 0.15) is 23.9 Å². The van der Waals surface area contributed by atoms with Crippen molar-refractivity contribution in [3.05, 3.63) is 46.1 Å². The molecule has 1 N–H and O–H groups in total. The van der Waals surface area contributed by atoms with Crippen molar-refractivity contribution >= 4 is 45.5 Å². The lowest BCUT2D eigenvalue weighted by atomic mass is 10.1. The van der Waals surface area contributed by atoms with Gasteiger partial charge in [-0.3, -0.25) is 4.98 Å². The van der Waals surface area contributed by atoms with Crippen LogP contribution < -0.4 is 19.5 Å². The summed E-state index contributed by atoms with van der Waals surface area (Å²) < 4.78 is 27.9. The number of fused-ring (bicyclic) bond motifs is 1. The van der Waals surface area contributed by atoms with E-state index < -0.39 is 6.29 Å². The normalized spacial score (nSPS) is 10.9. The molecule has 1 heterocycles. The Morgan fingerprint density at radius 3 is 2.38 bits per heavy atom. The number of nitrogens with zero attached hydrogens (tertiary/aromatic N) is 2. The lowest BCUT2D eigenvalue weighted by Gasteiger charge is -2.20. The fraction of sp³-hybridized carbons (Fsp3) is 0.333. The highest BCUT2D eigenvalue weighted by atomic mass is 35.5. The fourth-order valence-corrected chi connectivity index (χ4v) is 3.85. The van der Waals surface area contributed by atoms with E-state index in [-0.39, 0.29) is 6.61 Å². The van der Waals surface area contributed by atoms with Crippen molar-refractivity contribution in [1.29, 1.82) is 5.26 Å². The molecule has 0 aliphatic rings. The van der Waals surface area contributed by atoms with E-state index in [0.29, 0.717) is 68.3 Å². The van der Waals surface area contributed by atoms with Gasteiger partial charge in [0, 0.05) is 30.9 Å². The number of hydrogen-bond acceptors (Lipinski definition) is 8. The van der Waals surface area contributed by atoms with E-state index in [2.05, 4.69) is 16.4 Å². The molecule has 180 valence electrons. The molecule has 0 saturated carbocycles. The van der Waals surface area contributed by atoms with Gasteiger partial charge < -0.3 is 29.0 Å². The van der Waals surface area contributed by atoms with Gasteiger partial charge in [-0.25, -0.2) is 0 Å². The third kappa shape index (κ3) is 5.57. The Hall–Kier alpha value is -2.96. The maximum Gasteiger partial charge on any atom is 0.191 e. The van der Waals surface area contributed by atoms with E-state index in [9.17, 15) is 5.26 Å². The SMILES string of the molecule is CCOC(COc1ccc2c(Nc3cc(OC)c(Cl)cc3Cl)c(C#N)cnc2c1OC)OCC. The molecule has 0 saturated heterocycles. The zero-order valence-electron chi connectivity index (χ0n) is 19.3. The van der Waals surface area contributed by atoms with E-state index in [4.69, 9.17) is 46.9 Å². The average Bonchev–Trinajstić information content (AvgIpc) is 2.84. The van der Waals surface area contributed by atoms with Crippen molar-refractivity contribution in [3.8, 4) is 23.3 Å². The van der Waals surface area contributed by atoms with Crippen LogP contribution >= 0.6 is 23.2 Å². The molecule has 0 aliphatic heterocycles. The third-order valence-electron chi connectivity index (χ3n) is 4.86. The first-order valence-corrected chi connectivity index (χ1v) is 11.3. The van der Waals surface area contributed by atoms with E-state index in [1.807, 2.05) is 13.8 Å². The lowest BCUT2D eigenvalue weighted by Crippen LogP contribution is -2.25. The minimum atomic E-state index is -0.511. The number of anilines is 2. The summed E-state index contributed by atoms with van der Waals surface area (Å²) in [7, 11) is 3.04. The number of benzene rings is 2. The van der Waals surface area contributed by atoms with E-state index in [0.717, 1.165) is 0 Å². The van der Waals surface area contributed by atoms with E-state index in [1.165, 1.54) is 20.4 Å². The Morgan fingerprint density at radius 2 is 1.76 bits per heavy atom. The largest absolute Gasteiger partial charge is 0.495 e. The van der Waals surface area contributed by atoms with E-state index >= 15 is 0 Å². The predicted octanol–water partition coefficient (Wildman–Crippen LogP) is 5.95. The van der Waals surface area contributed by atoms with Crippen LogP contribution in [-0.2, 0) is 9.47 Å². The summed E-state index contributed by atoms with van der Waals surface area (Å²) in [6.07, 6.45) is 0.949. The van der Waals surface area contributed by atoms with Crippen molar-refractivity contribution in [1.82, 2.24) is 4.98 Å². The summed E-state index contributed by atoms with van der Waals surface area (Å²) in [5.74, 6) is 1.32. The number of rotatable bonds is 11. The van der Waals surface area contributed by atoms with Crippen molar-refractivity contribution in [2.75, 3.05) is 39.4 Å². The molecule has 0 fully saturated rings. The van der Waals surface area contributed by atoms with Crippen LogP contribution in [0.15, 0.2) is 30.5 Å². The van der Waals surface area contributed by atoms with Crippen molar-refractivity contribution < 1.29 is 23.7 Å². The summed E-state index contributed by atoms with van der Waals surface area (Å²) in [5, 5.41) is 14.3. The highest BCUT2D eigenvalue weighted by Crippen LogP contribution is 2.41. The van der Waals surface area contributed by atoms with Crippen LogP contribution in [0.2, 0.25) is 10.0 Å². The monoisotopic (exact) mass is 505 g/mol. The first-order chi connectivity index (χ1) is 16.5. The Bertz CT molecular complexity index is 1190. The highest BCUT2D eigenvalue weighted by Gasteiger charge is 2.19. The van der Waals surface area contributed by atoms with Gasteiger partial charge in [-0.15, -0.1) is 0 Å².